The van der Waals surface area contributed by atoms with Crippen LogP contribution in [0.15, 0.2) is 24.3 Å². The maximum atomic E-state index is 11.6. The van der Waals surface area contributed by atoms with Crippen LogP contribution in [0.25, 0.3) is 11.1 Å². The lowest BCUT2D eigenvalue weighted by atomic mass is 10.0. The van der Waals surface area contributed by atoms with Gasteiger partial charge in [-0.1, -0.05) is 12.1 Å². The average molecular weight is 277 g/mol. The van der Waals surface area contributed by atoms with E-state index >= 15 is 0 Å². The van der Waals surface area contributed by atoms with Crippen LogP contribution in [0, 0.1) is 6.92 Å². The summed E-state index contributed by atoms with van der Waals surface area (Å²) < 4.78 is 9.94. The van der Waals surface area contributed by atoms with E-state index in [1.54, 1.807) is 7.11 Å². The number of methoxy groups -OCH3 is 2. The molecule has 2 aromatic rings. The lowest BCUT2D eigenvalue weighted by Crippen LogP contribution is -2.02. The number of thiophene rings is 1. The summed E-state index contributed by atoms with van der Waals surface area (Å²) in [6, 6.07) is 7.59. The lowest BCUT2D eigenvalue weighted by molar-refractivity contribution is 0.0607. The number of benzene rings is 1. The monoisotopic (exact) mass is 277 g/mol. The summed E-state index contributed by atoms with van der Waals surface area (Å²) >= 11 is 1.34. The van der Waals surface area contributed by atoms with Gasteiger partial charge in [-0.25, -0.2) is 4.79 Å². The van der Waals surface area contributed by atoms with Crippen molar-refractivity contribution in [3.05, 3.63) is 34.0 Å². The van der Waals surface area contributed by atoms with Gasteiger partial charge in [0.1, 0.15) is 10.6 Å². The number of ether oxygens (including phenoxy) is 2. The first kappa shape index (κ1) is 13.4. The number of hydrogen-bond donors (Lipinski definition) is 1. The fourth-order valence-corrected chi connectivity index (χ4v) is 2.96. The molecule has 0 saturated heterocycles. The molecule has 1 heterocycles. The van der Waals surface area contributed by atoms with E-state index in [9.17, 15) is 4.79 Å². The number of aryl methyl sites for hydroxylation is 1. The Bertz CT molecular complexity index is 619. The Kier molecular flexibility index (Phi) is 3.76. The average Bonchev–Trinajstić information content (AvgIpc) is 2.73. The van der Waals surface area contributed by atoms with Crippen molar-refractivity contribution in [2.45, 2.75) is 6.92 Å². The summed E-state index contributed by atoms with van der Waals surface area (Å²) in [6.45, 7) is 1.93. The third-order valence-electron chi connectivity index (χ3n) is 2.85. The minimum absolute atomic E-state index is 0.403. The number of esters is 1. The fraction of sp³-hybridized carbons (Fsp3) is 0.214. The number of nitrogen functional groups attached to an aromatic ring is 1. The van der Waals surface area contributed by atoms with Crippen LogP contribution in [-0.4, -0.2) is 20.2 Å². The van der Waals surface area contributed by atoms with E-state index in [0.29, 0.717) is 10.6 Å². The molecule has 5 heteroatoms. The van der Waals surface area contributed by atoms with Crippen molar-refractivity contribution in [1.82, 2.24) is 0 Å². The molecule has 100 valence electrons. The Hall–Kier alpha value is -2.01. The highest BCUT2D eigenvalue weighted by atomic mass is 32.1. The van der Waals surface area contributed by atoms with Crippen LogP contribution < -0.4 is 10.5 Å². The third-order valence-corrected chi connectivity index (χ3v) is 3.95. The SMILES string of the molecule is COC(=O)c1sc(C)c(-c2cccc(OC)c2)c1N. The summed E-state index contributed by atoms with van der Waals surface area (Å²) in [5.41, 5.74) is 8.33. The molecule has 0 aliphatic heterocycles. The van der Waals surface area contributed by atoms with Crippen LogP contribution in [0.4, 0.5) is 5.69 Å². The predicted molar refractivity (Wildman–Crippen MR) is 76.8 cm³/mol. The molecule has 0 spiro atoms. The maximum Gasteiger partial charge on any atom is 0.350 e. The smallest absolute Gasteiger partial charge is 0.350 e. The first-order valence-corrected chi connectivity index (χ1v) is 6.51. The Morgan fingerprint density at radius 2 is 2.05 bits per heavy atom. The minimum Gasteiger partial charge on any atom is -0.497 e. The first-order valence-electron chi connectivity index (χ1n) is 5.70. The zero-order valence-electron chi connectivity index (χ0n) is 11.0. The summed E-state index contributed by atoms with van der Waals surface area (Å²) in [6.07, 6.45) is 0. The van der Waals surface area contributed by atoms with Crippen LogP contribution in [0.1, 0.15) is 14.5 Å². The number of rotatable bonds is 3. The molecule has 0 aliphatic carbocycles. The molecule has 1 aromatic carbocycles. The molecular weight excluding hydrogens is 262 g/mol. The van der Waals surface area contributed by atoms with Gasteiger partial charge in [-0.3, -0.25) is 0 Å². The fourth-order valence-electron chi connectivity index (χ4n) is 1.94. The number of nitrogens with two attached hydrogens (primary N) is 1. The van der Waals surface area contributed by atoms with Crippen LogP contribution in [0.3, 0.4) is 0 Å². The number of carbonyl (C=O) groups is 1. The molecule has 4 nitrogen and oxygen atoms in total. The van der Waals surface area contributed by atoms with Gasteiger partial charge in [-0.15, -0.1) is 11.3 Å². The lowest BCUT2D eigenvalue weighted by Gasteiger charge is -2.06. The third kappa shape index (κ3) is 2.42. The van der Waals surface area contributed by atoms with Crippen molar-refractivity contribution in [2.75, 3.05) is 20.0 Å². The van der Waals surface area contributed by atoms with Gasteiger partial charge in [-0.05, 0) is 24.6 Å². The zero-order chi connectivity index (χ0) is 14.0. The summed E-state index contributed by atoms with van der Waals surface area (Å²) in [7, 11) is 2.96. The molecule has 0 atom stereocenters. The van der Waals surface area contributed by atoms with E-state index in [0.717, 1.165) is 21.8 Å². The van der Waals surface area contributed by atoms with E-state index in [1.165, 1.54) is 18.4 Å². The van der Waals surface area contributed by atoms with Crippen LogP contribution in [0.5, 0.6) is 5.75 Å². The largest absolute Gasteiger partial charge is 0.497 e. The van der Waals surface area contributed by atoms with Gasteiger partial charge < -0.3 is 15.2 Å². The van der Waals surface area contributed by atoms with Crippen molar-refractivity contribution in [3.8, 4) is 16.9 Å². The van der Waals surface area contributed by atoms with Gasteiger partial charge in [0.05, 0.1) is 19.9 Å². The molecule has 19 heavy (non-hydrogen) atoms. The van der Waals surface area contributed by atoms with Gasteiger partial charge in [0.25, 0.3) is 0 Å². The molecule has 0 amide bonds. The second kappa shape index (κ2) is 5.32. The first-order chi connectivity index (χ1) is 9.08. The summed E-state index contributed by atoms with van der Waals surface area (Å²) in [4.78, 5) is 13.1. The van der Waals surface area contributed by atoms with Crippen LogP contribution >= 0.6 is 11.3 Å². The molecule has 1 aromatic heterocycles. The van der Waals surface area contributed by atoms with E-state index in [2.05, 4.69) is 0 Å². The van der Waals surface area contributed by atoms with Crippen molar-refractivity contribution in [3.63, 3.8) is 0 Å². The Balaban J connectivity index is 2.56. The van der Waals surface area contributed by atoms with Crippen LogP contribution in [0.2, 0.25) is 0 Å². The maximum absolute atomic E-state index is 11.6. The van der Waals surface area contributed by atoms with Crippen molar-refractivity contribution in [2.24, 2.45) is 0 Å². The van der Waals surface area contributed by atoms with Gasteiger partial charge in [0.15, 0.2) is 0 Å². The molecular formula is C14H15NO3S. The van der Waals surface area contributed by atoms with Crippen molar-refractivity contribution >= 4 is 23.0 Å². The van der Waals surface area contributed by atoms with E-state index < -0.39 is 5.97 Å². The zero-order valence-corrected chi connectivity index (χ0v) is 11.8. The predicted octanol–water partition coefficient (Wildman–Crippen LogP) is 3.10. The standard InChI is InChI=1S/C14H15NO3S/c1-8-11(9-5-4-6-10(7-9)17-2)12(15)13(19-8)14(16)18-3/h4-7H,15H2,1-3H3. The van der Waals surface area contributed by atoms with E-state index in [4.69, 9.17) is 15.2 Å². The highest BCUT2D eigenvalue weighted by molar-refractivity contribution is 7.15. The van der Waals surface area contributed by atoms with Crippen LogP contribution in [-0.2, 0) is 4.74 Å². The quantitative estimate of drug-likeness (QED) is 0.876. The van der Waals surface area contributed by atoms with Crippen molar-refractivity contribution < 1.29 is 14.3 Å². The van der Waals surface area contributed by atoms with Gasteiger partial charge in [0, 0.05) is 10.4 Å². The van der Waals surface area contributed by atoms with E-state index in [-0.39, 0.29) is 0 Å². The Labute approximate surface area is 115 Å². The molecule has 0 saturated carbocycles. The normalized spacial score (nSPS) is 10.3. The van der Waals surface area contributed by atoms with E-state index in [1.807, 2.05) is 31.2 Å². The number of hydrogen-bond acceptors (Lipinski definition) is 5. The van der Waals surface area contributed by atoms with Crippen molar-refractivity contribution in [1.29, 1.82) is 0 Å². The Morgan fingerprint density at radius 3 is 2.68 bits per heavy atom. The number of anilines is 1. The topological polar surface area (TPSA) is 61.5 Å². The second-order valence-corrected chi connectivity index (χ2v) is 5.22. The highest BCUT2D eigenvalue weighted by Crippen LogP contribution is 2.39. The van der Waals surface area contributed by atoms with Gasteiger partial charge in [-0.2, -0.15) is 0 Å². The summed E-state index contributed by atoms with van der Waals surface area (Å²) in [5, 5.41) is 0. The molecule has 2 N–H and O–H groups in total. The molecule has 0 unspecified atom stereocenters. The Morgan fingerprint density at radius 1 is 1.32 bits per heavy atom. The summed E-state index contributed by atoms with van der Waals surface area (Å²) in [5.74, 6) is 0.349. The number of carbonyl (C=O) groups excluding carboxylic acids is 1. The van der Waals surface area contributed by atoms with Gasteiger partial charge in [0.2, 0.25) is 0 Å². The second-order valence-electron chi connectivity index (χ2n) is 4.00. The molecule has 0 fully saturated rings. The minimum atomic E-state index is -0.403. The van der Waals surface area contributed by atoms with Gasteiger partial charge >= 0.3 is 5.97 Å². The molecule has 0 bridgehead atoms. The molecule has 0 aliphatic rings. The molecule has 0 radical (unpaired) electrons. The highest BCUT2D eigenvalue weighted by Gasteiger charge is 2.20. The molecule has 2 rings (SSSR count).